The summed E-state index contributed by atoms with van der Waals surface area (Å²) < 4.78 is 6.47. The number of hydrogen-bond donors (Lipinski definition) is 1. The van der Waals surface area contributed by atoms with Crippen LogP contribution in [0.25, 0.3) is 6.08 Å². The maximum Gasteiger partial charge on any atom is 0.122 e. The molecular weight excluding hydrogens is 292 g/mol. The Morgan fingerprint density at radius 2 is 2.39 bits per heavy atom. The van der Waals surface area contributed by atoms with Gasteiger partial charge < -0.3 is 9.84 Å². The number of rotatable bonds is 4. The lowest BCUT2D eigenvalue weighted by Crippen LogP contribution is -2.03. The van der Waals surface area contributed by atoms with Gasteiger partial charge in [0.05, 0.1) is 12.7 Å². The van der Waals surface area contributed by atoms with E-state index in [9.17, 15) is 5.11 Å². The van der Waals surface area contributed by atoms with E-state index >= 15 is 0 Å². The number of phenols is 1. The molecule has 0 unspecified atom stereocenters. The minimum Gasteiger partial charge on any atom is -0.507 e. The fourth-order valence-electron chi connectivity index (χ4n) is 1.97. The van der Waals surface area contributed by atoms with Gasteiger partial charge in [0, 0.05) is 10.0 Å². The molecule has 0 spiro atoms. The largest absolute Gasteiger partial charge is 0.507 e. The Morgan fingerprint density at radius 3 is 3.11 bits per heavy atom. The van der Waals surface area contributed by atoms with Gasteiger partial charge in [-0.1, -0.05) is 39.7 Å². The Hall–Kier alpha value is -1.06. The average Bonchev–Trinajstić information content (AvgIpc) is 2.84. The molecule has 1 heterocycles. The van der Waals surface area contributed by atoms with Gasteiger partial charge in [-0.3, -0.25) is 0 Å². The van der Waals surface area contributed by atoms with E-state index in [1.807, 2.05) is 18.2 Å². The molecule has 1 aromatic rings. The molecule has 1 aromatic carbocycles. The summed E-state index contributed by atoms with van der Waals surface area (Å²) in [5.74, 6) is 0.314. The van der Waals surface area contributed by atoms with Crippen LogP contribution in [0.3, 0.4) is 0 Å². The molecule has 3 heteroatoms. The number of hydrogen-bond acceptors (Lipinski definition) is 2. The average molecular weight is 309 g/mol. The monoisotopic (exact) mass is 308 g/mol. The zero-order valence-electron chi connectivity index (χ0n) is 10.4. The first-order chi connectivity index (χ1) is 8.65. The number of halogens is 1. The number of allylic oxidation sites excluding steroid dienone is 1. The number of benzene rings is 1. The highest BCUT2D eigenvalue weighted by Crippen LogP contribution is 2.25. The minimum atomic E-state index is 0.254. The van der Waals surface area contributed by atoms with Crippen LogP contribution in [0, 0.1) is 0 Å². The van der Waals surface area contributed by atoms with E-state index in [4.69, 9.17) is 4.74 Å². The lowest BCUT2D eigenvalue weighted by Gasteiger charge is -2.08. The van der Waals surface area contributed by atoms with Crippen molar-refractivity contribution in [3.8, 4) is 5.75 Å². The molecule has 0 radical (unpaired) electrons. The Kier molecular flexibility index (Phi) is 4.61. The second kappa shape index (κ2) is 6.21. The maximum absolute atomic E-state index is 9.76. The number of aromatic hydroxyl groups is 1. The lowest BCUT2D eigenvalue weighted by atomic mass is 10.0. The molecule has 0 bridgehead atoms. The molecule has 1 aliphatic heterocycles. The van der Waals surface area contributed by atoms with Crippen LogP contribution >= 0.6 is 15.9 Å². The molecule has 1 atom stereocenters. The predicted molar refractivity (Wildman–Crippen MR) is 77.6 cm³/mol. The van der Waals surface area contributed by atoms with Gasteiger partial charge >= 0.3 is 0 Å². The van der Waals surface area contributed by atoms with Crippen molar-refractivity contribution in [2.45, 2.75) is 25.9 Å². The van der Waals surface area contributed by atoms with Gasteiger partial charge in [-0.2, -0.15) is 0 Å². The molecule has 0 amide bonds. The zero-order chi connectivity index (χ0) is 13.0. The van der Waals surface area contributed by atoms with Gasteiger partial charge in [0.1, 0.15) is 5.75 Å². The summed E-state index contributed by atoms with van der Waals surface area (Å²) in [7, 11) is 0. The van der Waals surface area contributed by atoms with E-state index < -0.39 is 0 Å². The van der Waals surface area contributed by atoms with E-state index in [0.29, 0.717) is 5.75 Å². The second-order valence-electron chi connectivity index (χ2n) is 4.53. The Balaban J connectivity index is 1.98. The quantitative estimate of drug-likeness (QED) is 0.841. The van der Waals surface area contributed by atoms with Crippen LogP contribution in [0.1, 0.15) is 25.3 Å². The fourth-order valence-corrected chi connectivity index (χ4v) is 2.35. The molecule has 0 aromatic heterocycles. The third kappa shape index (κ3) is 3.72. The minimum absolute atomic E-state index is 0.254. The highest BCUT2D eigenvalue weighted by atomic mass is 79.9. The summed E-state index contributed by atoms with van der Waals surface area (Å²) >= 11 is 3.41. The molecule has 0 aliphatic carbocycles. The summed E-state index contributed by atoms with van der Waals surface area (Å²) in [4.78, 5) is 0. The van der Waals surface area contributed by atoms with E-state index in [0.717, 1.165) is 29.5 Å². The van der Waals surface area contributed by atoms with Gasteiger partial charge in [0.15, 0.2) is 0 Å². The van der Waals surface area contributed by atoms with Crippen LogP contribution in [-0.4, -0.2) is 17.8 Å². The molecule has 0 saturated carbocycles. The SMILES string of the molecule is C/C(=C\c1cc(Br)ccc1O)CC[C@@H]1C=CCO1. The smallest absolute Gasteiger partial charge is 0.122 e. The molecule has 2 rings (SSSR count). The van der Waals surface area contributed by atoms with Crippen molar-refractivity contribution < 1.29 is 9.84 Å². The summed E-state index contributed by atoms with van der Waals surface area (Å²) in [6.45, 7) is 2.82. The van der Waals surface area contributed by atoms with Crippen molar-refractivity contribution in [2.75, 3.05) is 6.61 Å². The standard InChI is InChI=1S/C15H17BrO2/c1-11(4-6-14-3-2-8-18-14)9-12-10-13(16)5-7-15(12)17/h2-3,5,7,9-10,14,17H,4,6,8H2,1H3/b11-9+/t14-/m0/s1. The molecule has 96 valence electrons. The van der Waals surface area contributed by atoms with Crippen molar-refractivity contribution in [1.29, 1.82) is 0 Å². The van der Waals surface area contributed by atoms with Crippen LogP contribution in [0.15, 0.2) is 40.4 Å². The van der Waals surface area contributed by atoms with E-state index in [1.165, 1.54) is 5.57 Å². The predicted octanol–water partition coefficient (Wildman–Crippen LogP) is 4.29. The number of phenolic OH excluding ortho intramolecular Hbond substituents is 1. The van der Waals surface area contributed by atoms with Crippen LogP contribution in [0.4, 0.5) is 0 Å². The molecule has 1 N–H and O–H groups in total. The van der Waals surface area contributed by atoms with Crippen molar-refractivity contribution in [2.24, 2.45) is 0 Å². The lowest BCUT2D eigenvalue weighted by molar-refractivity contribution is 0.122. The molecule has 1 aliphatic rings. The molecule has 18 heavy (non-hydrogen) atoms. The van der Waals surface area contributed by atoms with Crippen LogP contribution < -0.4 is 0 Å². The fraction of sp³-hybridized carbons (Fsp3) is 0.333. The highest BCUT2D eigenvalue weighted by Gasteiger charge is 2.09. The zero-order valence-corrected chi connectivity index (χ0v) is 12.0. The van der Waals surface area contributed by atoms with Crippen molar-refractivity contribution in [3.63, 3.8) is 0 Å². The second-order valence-corrected chi connectivity index (χ2v) is 5.45. The molecule has 2 nitrogen and oxygen atoms in total. The molecular formula is C15H17BrO2. The summed E-state index contributed by atoms with van der Waals surface area (Å²) in [5, 5.41) is 9.76. The van der Waals surface area contributed by atoms with E-state index in [-0.39, 0.29) is 6.10 Å². The highest BCUT2D eigenvalue weighted by molar-refractivity contribution is 9.10. The summed E-state index contributed by atoms with van der Waals surface area (Å²) in [6.07, 6.45) is 8.42. The van der Waals surface area contributed by atoms with Crippen LogP contribution in [0.5, 0.6) is 5.75 Å². The first-order valence-electron chi connectivity index (χ1n) is 6.09. The van der Waals surface area contributed by atoms with Crippen molar-refractivity contribution in [3.05, 3.63) is 46.0 Å². The van der Waals surface area contributed by atoms with Crippen LogP contribution in [0.2, 0.25) is 0 Å². The van der Waals surface area contributed by atoms with Crippen molar-refractivity contribution in [1.82, 2.24) is 0 Å². The van der Waals surface area contributed by atoms with E-state index in [2.05, 4.69) is 35.0 Å². The molecule has 0 saturated heterocycles. The topological polar surface area (TPSA) is 29.5 Å². The first-order valence-corrected chi connectivity index (χ1v) is 6.88. The third-order valence-electron chi connectivity index (χ3n) is 2.97. The molecule has 0 fully saturated rings. The Morgan fingerprint density at radius 1 is 1.56 bits per heavy atom. The van der Waals surface area contributed by atoms with Crippen molar-refractivity contribution >= 4 is 22.0 Å². The maximum atomic E-state index is 9.76. The third-order valence-corrected chi connectivity index (χ3v) is 3.47. The van der Waals surface area contributed by atoms with Gasteiger partial charge in [-0.05, 0) is 38.0 Å². The van der Waals surface area contributed by atoms with Gasteiger partial charge in [0.25, 0.3) is 0 Å². The normalized spacial score (nSPS) is 19.4. The van der Waals surface area contributed by atoms with Gasteiger partial charge in [-0.15, -0.1) is 0 Å². The van der Waals surface area contributed by atoms with Crippen LogP contribution in [-0.2, 0) is 4.74 Å². The summed E-state index contributed by atoms with van der Waals surface area (Å²) in [6, 6.07) is 5.45. The summed E-state index contributed by atoms with van der Waals surface area (Å²) in [5.41, 5.74) is 2.09. The van der Waals surface area contributed by atoms with E-state index in [1.54, 1.807) is 6.07 Å². The Bertz CT molecular complexity index is 477. The number of ether oxygens (including phenoxy) is 1. The first kappa shape index (κ1) is 13.4. The van der Waals surface area contributed by atoms with Gasteiger partial charge in [0.2, 0.25) is 0 Å². The van der Waals surface area contributed by atoms with Gasteiger partial charge in [-0.25, -0.2) is 0 Å². The Labute approximate surface area is 116 Å².